The average molecular weight is 376 g/mol. The molecule has 4 aromatic rings. The van der Waals surface area contributed by atoms with Gasteiger partial charge in [-0.2, -0.15) is 4.98 Å². The van der Waals surface area contributed by atoms with Crippen molar-refractivity contribution in [3.05, 3.63) is 89.7 Å². The Morgan fingerprint density at radius 2 is 1.89 bits per heavy atom. The Labute approximate surface area is 160 Å². The zero-order chi connectivity index (χ0) is 19.5. The Hall–Kier alpha value is -3.74. The van der Waals surface area contributed by atoms with E-state index in [0.717, 1.165) is 11.3 Å². The van der Waals surface area contributed by atoms with E-state index in [2.05, 4.69) is 15.4 Å². The van der Waals surface area contributed by atoms with Crippen molar-refractivity contribution in [2.45, 2.75) is 13.5 Å². The molecule has 2 aromatic carbocycles. The molecule has 0 spiro atoms. The normalized spacial score (nSPS) is 10.8. The smallest absolute Gasteiger partial charge is 0.291 e. The molecule has 2 aromatic heterocycles. The highest BCUT2D eigenvalue weighted by Gasteiger charge is 2.20. The molecule has 4 rings (SSSR count). The fourth-order valence-electron chi connectivity index (χ4n) is 2.74. The second kappa shape index (κ2) is 7.48. The predicted octanol–water partition coefficient (Wildman–Crippen LogP) is 3.90. The third-order valence-electron chi connectivity index (χ3n) is 4.23. The van der Waals surface area contributed by atoms with Crippen LogP contribution in [-0.4, -0.2) is 20.7 Å². The summed E-state index contributed by atoms with van der Waals surface area (Å²) < 4.78 is 20.7. The van der Waals surface area contributed by atoms with Crippen molar-refractivity contribution in [2.75, 3.05) is 0 Å². The van der Waals surface area contributed by atoms with Gasteiger partial charge in [-0.1, -0.05) is 35.9 Å². The van der Waals surface area contributed by atoms with Gasteiger partial charge in [0.1, 0.15) is 5.82 Å². The van der Waals surface area contributed by atoms with Crippen LogP contribution in [0.15, 0.2) is 71.3 Å². The van der Waals surface area contributed by atoms with Gasteiger partial charge >= 0.3 is 0 Å². The van der Waals surface area contributed by atoms with Gasteiger partial charge in [0.15, 0.2) is 11.6 Å². The maximum atomic E-state index is 13.8. The van der Waals surface area contributed by atoms with E-state index in [9.17, 15) is 9.18 Å². The minimum Gasteiger partial charge on any atom is -0.461 e. The molecule has 0 aliphatic carbocycles. The quantitative estimate of drug-likeness (QED) is 0.573. The van der Waals surface area contributed by atoms with E-state index in [1.165, 1.54) is 12.3 Å². The summed E-state index contributed by atoms with van der Waals surface area (Å²) in [5.74, 6) is -0.00595. The fourth-order valence-corrected chi connectivity index (χ4v) is 2.74. The summed E-state index contributed by atoms with van der Waals surface area (Å²) in [6.45, 7) is 2.03. The summed E-state index contributed by atoms with van der Waals surface area (Å²) in [4.78, 5) is 16.9. The molecule has 7 heteroatoms. The van der Waals surface area contributed by atoms with Crippen molar-refractivity contribution in [2.24, 2.45) is 0 Å². The molecule has 0 bridgehead atoms. The van der Waals surface area contributed by atoms with E-state index >= 15 is 0 Å². The molecule has 0 unspecified atom stereocenters. The average Bonchev–Trinajstić information content (AvgIpc) is 3.37. The number of furan rings is 1. The molecule has 2 heterocycles. The lowest BCUT2D eigenvalue weighted by molar-refractivity contribution is 0.0940. The number of hydrogen-bond donors (Lipinski definition) is 1. The van der Waals surface area contributed by atoms with Gasteiger partial charge in [-0.05, 0) is 37.3 Å². The van der Waals surface area contributed by atoms with Gasteiger partial charge in [0.25, 0.3) is 5.91 Å². The maximum Gasteiger partial charge on any atom is 0.291 e. The number of nitrogens with one attached hydrogen (secondary N) is 1. The van der Waals surface area contributed by atoms with E-state index in [4.69, 9.17) is 4.42 Å². The molecule has 0 aliphatic heterocycles. The van der Waals surface area contributed by atoms with Crippen molar-refractivity contribution in [1.29, 1.82) is 0 Å². The van der Waals surface area contributed by atoms with Gasteiger partial charge in [-0.15, -0.1) is 5.10 Å². The number of carbonyl (C=O) groups is 1. The Morgan fingerprint density at radius 1 is 1.11 bits per heavy atom. The second-order valence-corrected chi connectivity index (χ2v) is 6.26. The zero-order valence-corrected chi connectivity index (χ0v) is 15.1. The molecule has 1 N–H and O–H groups in total. The number of aryl methyl sites for hydroxylation is 1. The minimum absolute atomic E-state index is 0.0247. The van der Waals surface area contributed by atoms with Crippen molar-refractivity contribution >= 4 is 5.91 Å². The standard InChI is InChI=1S/C21H17FN4O2/c1-14-8-10-16(11-9-14)26-20(18-7-4-12-28-18)24-19(25-26)21(27)23-13-15-5-2-3-6-17(15)22/h2-12H,13H2,1H3,(H,23,27). The summed E-state index contributed by atoms with van der Waals surface area (Å²) in [5.41, 5.74) is 2.24. The van der Waals surface area contributed by atoms with E-state index in [1.807, 2.05) is 31.2 Å². The number of aromatic nitrogens is 3. The van der Waals surface area contributed by atoms with Crippen LogP contribution in [0.4, 0.5) is 4.39 Å². The van der Waals surface area contributed by atoms with Crippen molar-refractivity contribution < 1.29 is 13.6 Å². The first-order valence-corrected chi connectivity index (χ1v) is 8.71. The number of amides is 1. The van der Waals surface area contributed by atoms with Gasteiger partial charge in [-0.25, -0.2) is 9.07 Å². The number of hydrogen-bond acceptors (Lipinski definition) is 4. The summed E-state index contributed by atoms with van der Waals surface area (Å²) in [6.07, 6.45) is 1.53. The monoisotopic (exact) mass is 376 g/mol. The first-order valence-electron chi connectivity index (χ1n) is 8.71. The van der Waals surface area contributed by atoms with Crippen LogP contribution in [-0.2, 0) is 6.54 Å². The third kappa shape index (κ3) is 3.55. The Bertz CT molecular complexity index is 1100. The molecule has 0 atom stereocenters. The van der Waals surface area contributed by atoms with Crippen LogP contribution in [0.2, 0.25) is 0 Å². The summed E-state index contributed by atoms with van der Waals surface area (Å²) in [7, 11) is 0. The SMILES string of the molecule is Cc1ccc(-n2nc(C(=O)NCc3ccccc3F)nc2-c2ccco2)cc1. The molecule has 0 aliphatic rings. The van der Waals surface area contributed by atoms with E-state index in [1.54, 1.807) is 35.0 Å². The highest BCUT2D eigenvalue weighted by Crippen LogP contribution is 2.22. The first kappa shape index (κ1) is 17.7. The molecule has 140 valence electrons. The second-order valence-electron chi connectivity index (χ2n) is 6.26. The van der Waals surface area contributed by atoms with Crippen molar-refractivity contribution in [1.82, 2.24) is 20.1 Å². The lowest BCUT2D eigenvalue weighted by atomic mass is 10.2. The number of nitrogens with zero attached hydrogens (tertiary/aromatic N) is 3. The lowest BCUT2D eigenvalue weighted by Gasteiger charge is -2.04. The number of carbonyl (C=O) groups excluding carboxylic acids is 1. The Kier molecular flexibility index (Phi) is 4.72. The summed E-state index contributed by atoms with van der Waals surface area (Å²) >= 11 is 0. The van der Waals surface area contributed by atoms with Gasteiger partial charge in [-0.3, -0.25) is 4.79 Å². The molecular weight excluding hydrogens is 359 g/mol. The summed E-state index contributed by atoms with van der Waals surface area (Å²) in [5, 5.41) is 7.00. The molecule has 1 amide bonds. The fraction of sp³-hybridized carbons (Fsp3) is 0.0952. The highest BCUT2D eigenvalue weighted by atomic mass is 19.1. The number of halogens is 1. The van der Waals surface area contributed by atoms with Crippen LogP contribution < -0.4 is 5.32 Å². The summed E-state index contributed by atoms with van der Waals surface area (Å²) in [6, 6.07) is 17.4. The molecule has 0 saturated heterocycles. The highest BCUT2D eigenvalue weighted by molar-refractivity contribution is 5.90. The molecule has 28 heavy (non-hydrogen) atoms. The van der Waals surface area contributed by atoms with Gasteiger partial charge < -0.3 is 9.73 Å². The molecule has 0 saturated carbocycles. The predicted molar refractivity (Wildman–Crippen MR) is 101 cm³/mol. The van der Waals surface area contributed by atoms with E-state index in [-0.39, 0.29) is 18.2 Å². The third-order valence-corrected chi connectivity index (χ3v) is 4.23. The van der Waals surface area contributed by atoms with Crippen molar-refractivity contribution in [3.8, 4) is 17.3 Å². The topological polar surface area (TPSA) is 73.0 Å². The van der Waals surface area contributed by atoms with Crippen LogP contribution >= 0.6 is 0 Å². The van der Waals surface area contributed by atoms with Crippen LogP contribution in [0.5, 0.6) is 0 Å². The van der Waals surface area contributed by atoms with Crippen LogP contribution in [0.1, 0.15) is 21.7 Å². The van der Waals surface area contributed by atoms with Gasteiger partial charge in [0, 0.05) is 12.1 Å². The number of rotatable bonds is 5. The van der Waals surface area contributed by atoms with E-state index in [0.29, 0.717) is 17.1 Å². The zero-order valence-electron chi connectivity index (χ0n) is 15.1. The van der Waals surface area contributed by atoms with Crippen molar-refractivity contribution in [3.63, 3.8) is 0 Å². The number of benzene rings is 2. The molecule has 0 fully saturated rings. The first-order chi connectivity index (χ1) is 13.6. The van der Waals surface area contributed by atoms with Crippen LogP contribution in [0.3, 0.4) is 0 Å². The largest absolute Gasteiger partial charge is 0.461 e. The Balaban J connectivity index is 1.64. The minimum atomic E-state index is -0.498. The molecular formula is C21H17FN4O2. The van der Waals surface area contributed by atoms with E-state index < -0.39 is 5.91 Å². The Morgan fingerprint density at radius 3 is 2.61 bits per heavy atom. The van der Waals surface area contributed by atoms with Gasteiger partial charge in [0.05, 0.1) is 12.0 Å². The lowest BCUT2D eigenvalue weighted by Crippen LogP contribution is -2.24. The molecule has 0 radical (unpaired) electrons. The molecule has 6 nitrogen and oxygen atoms in total. The van der Waals surface area contributed by atoms with Crippen LogP contribution in [0.25, 0.3) is 17.3 Å². The van der Waals surface area contributed by atoms with Crippen LogP contribution in [0, 0.1) is 12.7 Å². The van der Waals surface area contributed by atoms with Gasteiger partial charge in [0.2, 0.25) is 5.82 Å². The maximum absolute atomic E-state index is 13.8.